The number of methoxy groups -OCH3 is 1. The van der Waals surface area contributed by atoms with Crippen molar-refractivity contribution in [2.45, 2.75) is 6.10 Å². The second kappa shape index (κ2) is 10.2. The van der Waals surface area contributed by atoms with Crippen LogP contribution in [0.5, 0.6) is 5.75 Å². The average Bonchev–Trinajstić information content (AvgIpc) is 2.84. The van der Waals surface area contributed by atoms with Gasteiger partial charge in [-0.15, -0.1) is 0 Å². The molecule has 3 N–H and O–H groups in total. The molecule has 0 unspecified atom stereocenters. The van der Waals surface area contributed by atoms with Gasteiger partial charge in [-0.25, -0.2) is 0 Å². The second-order valence-corrected chi connectivity index (χ2v) is 7.60. The fourth-order valence-corrected chi connectivity index (χ4v) is 3.69. The summed E-state index contributed by atoms with van der Waals surface area (Å²) in [6.07, 6.45) is 2.89. The maximum Gasteiger partial charge on any atom is 0.248 e. The van der Waals surface area contributed by atoms with Gasteiger partial charge in [-0.2, -0.15) is 0 Å². The first-order valence-corrected chi connectivity index (χ1v) is 10.5. The SMILES string of the molecule is COc1ccc(NC(=O)CN2CCO[C@@H](c3nccnc3-c3ccc(C(N)=O)cc3)C2)cc1. The number of hydrogen-bond donors (Lipinski definition) is 2. The third-order valence-electron chi connectivity index (χ3n) is 5.37. The van der Waals surface area contributed by atoms with Crippen LogP contribution in [0.4, 0.5) is 5.69 Å². The number of primary amides is 1. The zero-order valence-corrected chi connectivity index (χ0v) is 18.2. The number of nitrogens with zero attached hydrogens (tertiary/aromatic N) is 3. The fourth-order valence-electron chi connectivity index (χ4n) is 3.69. The molecule has 0 radical (unpaired) electrons. The summed E-state index contributed by atoms with van der Waals surface area (Å²) >= 11 is 0. The molecular formula is C24H25N5O4. The number of hydrogen-bond acceptors (Lipinski definition) is 7. The summed E-state index contributed by atoms with van der Waals surface area (Å²) in [5, 5.41) is 2.90. The molecule has 170 valence electrons. The van der Waals surface area contributed by atoms with E-state index in [9.17, 15) is 9.59 Å². The number of benzene rings is 2. The summed E-state index contributed by atoms with van der Waals surface area (Å²) in [5.41, 5.74) is 8.63. The fraction of sp³-hybridized carbons (Fsp3) is 0.250. The van der Waals surface area contributed by atoms with Crippen LogP contribution in [0.2, 0.25) is 0 Å². The standard InChI is InChI=1S/C24H25N5O4/c1-32-19-8-6-18(7-9-19)28-21(30)15-29-12-13-33-20(14-29)23-22(26-10-11-27-23)16-2-4-17(5-3-16)24(25)31/h2-11,20H,12-15H2,1H3,(H2,25,31)(H,28,30)/t20-/m1/s1. The highest BCUT2D eigenvalue weighted by atomic mass is 16.5. The van der Waals surface area contributed by atoms with Crippen molar-refractivity contribution >= 4 is 17.5 Å². The lowest BCUT2D eigenvalue weighted by Gasteiger charge is -2.32. The number of anilines is 1. The Hall–Kier alpha value is -3.82. The van der Waals surface area contributed by atoms with Gasteiger partial charge in [0.2, 0.25) is 11.8 Å². The van der Waals surface area contributed by atoms with Crippen LogP contribution in [-0.2, 0) is 9.53 Å². The number of amides is 2. The zero-order valence-electron chi connectivity index (χ0n) is 18.2. The van der Waals surface area contributed by atoms with E-state index in [0.29, 0.717) is 42.3 Å². The summed E-state index contributed by atoms with van der Waals surface area (Å²) in [5.74, 6) is 0.135. The normalized spacial score (nSPS) is 16.2. The molecule has 3 aromatic rings. The maximum atomic E-state index is 12.6. The molecule has 2 heterocycles. The van der Waals surface area contributed by atoms with E-state index in [0.717, 1.165) is 11.3 Å². The molecule has 9 nitrogen and oxygen atoms in total. The quantitative estimate of drug-likeness (QED) is 0.570. The summed E-state index contributed by atoms with van der Waals surface area (Å²) in [6, 6.07) is 14.1. The largest absolute Gasteiger partial charge is 0.497 e. The lowest BCUT2D eigenvalue weighted by molar-refractivity contribution is -0.119. The van der Waals surface area contributed by atoms with Crippen molar-refractivity contribution < 1.29 is 19.1 Å². The number of ether oxygens (including phenoxy) is 2. The number of nitrogens with one attached hydrogen (secondary N) is 1. The van der Waals surface area contributed by atoms with E-state index in [1.165, 1.54) is 0 Å². The molecule has 33 heavy (non-hydrogen) atoms. The van der Waals surface area contributed by atoms with E-state index in [1.807, 2.05) is 4.90 Å². The molecule has 0 aliphatic carbocycles. The van der Waals surface area contributed by atoms with Gasteiger partial charge in [-0.1, -0.05) is 12.1 Å². The molecule has 1 aromatic heterocycles. The summed E-state index contributed by atoms with van der Waals surface area (Å²) in [4.78, 5) is 35.0. The van der Waals surface area contributed by atoms with Crippen LogP contribution in [-0.4, -0.2) is 60.0 Å². The summed E-state index contributed by atoms with van der Waals surface area (Å²) < 4.78 is 11.1. The first-order chi connectivity index (χ1) is 16.0. The smallest absolute Gasteiger partial charge is 0.248 e. The highest BCUT2D eigenvalue weighted by Crippen LogP contribution is 2.29. The molecule has 1 aliphatic rings. The number of carbonyl (C=O) groups is 2. The number of morpholine rings is 1. The van der Waals surface area contributed by atoms with E-state index in [-0.39, 0.29) is 18.6 Å². The Labute approximate surface area is 191 Å². The van der Waals surface area contributed by atoms with Crippen LogP contribution < -0.4 is 15.8 Å². The Morgan fingerprint density at radius 2 is 1.85 bits per heavy atom. The zero-order chi connectivity index (χ0) is 23.2. The molecule has 1 atom stereocenters. The first-order valence-electron chi connectivity index (χ1n) is 10.5. The van der Waals surface area contributed by atoms with Gasteiger partial charge in [-0.3, -0.25) is 24.5 Å². The van der Waals surface area contributed by atoms with Gasteiger partial charge in [0.05, 0.1) is 31.6 Å². The molecule has 0 saturated carbocycles. The van der Waals surface area contributed by atoms with Crippen LogP contribution in [0.1, 0.15) is 22.2 Å². The Bertz CT molecular complexity index is 1120. The molecule has 2 aromatic carbocycles. The topological polar surface area (TPSA) is 120 Å². The second-order valence-electron chi connectivity index (χ2n) is 7.60. The van der Waals surface area contributed by atoms with E-state index in [1.54, 1.807) is 68.0 Å². The van der Waals surface area contributed by atoms with Crippen molar-refractivity contribution in [3.8, 4) is 17.0 Å². The van der Waals surface area contributed by atoms with Crippen LogP contribution >= 0.6 is 0 Å². The molecule has 4 rings (SSSR count). The highest BCUT2D eigenvalue weighted by molar-refractivity contribution is 5.93. The Balaban J connectivity index is 1.44. The Morgan fingerprint density at radius 3 is 2.55 bits per heavy atom. The van der Waals surface area contributed by atoms with Crippen LogP contribution in [0, 0.1) is 0 Å². The minimum Gasteiger partial charge on any atom is -0.497 e. The van der Waals surface area contributed by atoms with Crippen molar-refractivity contribution in [2.75, 3.05) is 38.7 Å². The lowest BCUT2D eigenvalue weighted by atomic mass is 10.0. The molecule has 0 spiro atoms. The van der Waals surface area contributed by atoms with Gasteiger partial charge in [0.15, 0.2) is 0 Å². The minimum absolute atomic E-state index is 0.109. The first kappa shape index (κ1) is 22.4. The van der Waals surface area contributed by atoms with Gasteiger partial charge < -0.3 is 20.5 Å². The van der Waals surface area contributed by atoms with Gasteiger partial charge in [0.25, 0.3) is 0 Å². The maximum absolute atomic E-state index is 12.6. The van der Waals surface area contributed by atoms with Gasteiger partial charge in [-0.05, 0) is 36.4 Å². The minimum atomic E-state index is -0.486. The lowest BCUT2D eigenvalue weighted by Crippen LogP contribution is -2.42. The van der Waals surface area contributed by atoms with Gasteiger partial charge in [0, 0.05) is 42.3 Å². The molecule has 1 saturated heterocycles. The van der Waals surface area contributed by atoms with Crippen LogP contribution in [0.15, 0.2) is 60.9 Å². The third-order valence-corrected chi connectivity index (χ3v) is 5.37. The highest BCUT2D eigenvalue weighted by Gasteiger charge is 2.27. The van der Waals surface area contributed by atoms with Crippen molar-refractivity contribution in [1.82, 2.24) is 14.9 Å². The van der Waals surface area contributed by atoms with Crippen molar-refractivity contribution in [3.05, 3.63) is 72.2 Å². The number of nitrogens with two attached hydrogens (primary N) is 1. The molecule has 9 heteroatoms. The number of aromatic nitrogens is 2. The Kier molecular flexibility index (Phi) is 6.92. The van der Waals surface area contributed by atoms with Crippen LogP contribution in [0.25, 0.3) is 11.3 Å². The summed E-state index contributed by atoms with van der Waals surface area (Å²) in [7, 11) is 1.60. The molecule has 0 bridgehead atoms. The Morgan fingerprint density at radius 1 is 1.12 bits per heavy atom. The van der Waals surface area contributed by atoms with E-state index in [2.05, 4.69) is 15.3 Å². The average molecular weight is 447 g/mol. The summed E-state index contributed by atoms with van der Waals surface area (Å²) in [6.45, 7) is 1.84. The van der Waals surface area contributed by atoms with Gasteiger partial charge >= 0.3 is 0 Å². The monoisotopic (exact) mass is 447 g/mol. The number of carbonyl (C=O) groups excluding carboxylic acids is 2. The molecule has 2 amide bonds. The predicted molar refractivity (Wildman–Crippen MR) is 123 cm³/mol. The van der Waals surface area contributed by atoms with E-state index < -0.39 is 5.91 Å². The molecule has 1 aliphatic heterocycles. The predicted octanol–water partition coefficient (Wildman–Crippen LogP) is 2.26. The van der Waals surface area contributed by atoms with Crippen molar-refractivity contribution in [1.29, 1.82) is 0 Å². The molecular weight excluding hydrogens is 422 g/mol. The van der Waals surface area contributed by atoms with Crippen molar-refractivity contribution in [3.63, 3.8) is 0 Å². The van der Waals surface area contributed by atoms with Crippen LogP contribution in [0.3, 0.4) is 0 Å². The van der Waals surface area contributed by atoms with E-state index >= 15 is 0 Å². The third kappa shape index (κ3) is 5.51. The molecule has 1 fully saturated rings. The van der Waals surface area contributed by atoms with Crippen molar-refractivity contribution in [2.24, 2.45) is 5.73 Å². The van der Waals surface area contributed by atoms with Gasteiger partial charge in [0.1, 0.15) is 11.9 Å². The number of rotatable bonds is 7. The van der Waals surface area contributed by atoms with E-state index in [4.69, 9.17) is 15.2 Å².